The summed E-state index contributed by atoms with van der Waals surface area (Å²) in [5.74, 6) is 0. The van der Waals surface area contributed by atoms with E-state index in [0.717, 1.165) is 12.8 Å². The van der Waals surface area contributed by atoms with Gasteiger partial charge in [-0.05, 0) is 6.42 Å². The van der Waals surface area contributed by atoms with Gasteiger partial charge in [-0.3, -0.25) is 5.41 Å². The first-order valence-electron chi connectivity index (χ1n) is 1.88. The van der Waals surface area contributed by atoms with Gasteiger partial charge in [-0.15, -0.1) is 0 Å². The van der Waals surface area contributed by atoms with Crippen molar-refractivity contribution >= 4 is 6.40 Å². The standard InChI is InChI=1S/C4H8NO/c1-2-3-6-4-5/h3-5H,2H2,1H3. The van der Waals surface area contributed by atoms with Crippen LogP contribution in [0, 0.1) is 12.0 Å². The van der Waals surface area contributed by atoms with Crippen LogP contribution in [0.1, 0.15) is 13.3 Å². The highest BCUT2D eigenvalue weighted by molar-refractivity contribution is 5.41. The molecule has 0 aromatic carbocycles. The van der Waals surface area contributed by atoms with Gasteiger partial charge < -0.3 is 4.74 Å². The lowest BCUT2D eigenvalue weighted by atomic mass is 10.5. The summed E-state index contributed by atoms with van der Waals surface area (Å²) in [6.07, 6.45) is 1.76. The molecule has 0 fully saturated rings. The van der Waals surface area contributed by atoms with Crippen LogP contribution >= 0.6 is 0 Å². The molecule has 0 rings (SSSR count). The van der Waals surface area contributed by atoms with Gasteiger partial charge in [-0.1, -0.05) is 6.92 Å². The summed E-state index contributed by atoms with van der Waals surface area (Å²) in [7, 11) is 0. The third kappa shape index (κ3) is 3.47. The van der Waals surface area contributed by atoms with Gasteiger partial charge in [0.1, 0.15) is 6.61 Å². The maximum atomic E-state index is 6.33. The smallest absolute Gasteiger partial charge is 0.167 e. The van der Waals surface area contributed by atoms with Crippen LogP contribution in [-0.4, -0.2) is 6.40 Å². The minimum Gasteiger partial charge on any atom is -0.477 e. The van der Waals surface area contributed by atoms with Crippen LogP contribution in [0.3, 0.4) is 0 Å². The van der Waals surface area contributed by atoms with E-state index < -0.39 is 0 Å². The zero-order valence-electron chi connectivity index (χ0n) is 3.77. The third-order valence-corrected chi connectivity index (χ3v) is 0.331. The highest BCUT2D eigenvalue weighted by Crippen LogP contribution is 1.80. The topological polar surface area (TPSA) is 33.1 Å². The lowest BCUT2D eigenvalue weighted by molar-refractivity contribution is 0.401. The summed E-state index contributed by atoms with van der Waals surface area (Å²) >= 11 is 0. The summed E-state index contributed by atoms with van der Waals surface area (Å²) in [4.78, 5) is 0. The van der Waals surface area contributed by atoms with Gasteiger partial charge in [0.05, 0.1) is 0 Å². The summed E-state index contributed by atoms with van der Waals surface area (Å²) in [5.41, 5.74) is 0. The van der Waals surface area contributed by atoms with Gasteiger partial charge in [0, 0.05) is 0 Å². The molecule has 0 aliphatic carbocycles. The van der Waals surface area contributed by atoms with Crippen molar-refractivity contribution in [3.8, 4) is 0 Å². The Hall–Kier alpha value is -0.530. The first kappa shape index (κ1) is 5.47. The van der Waals surface area contributed by atoms with Gasteiger partial charge in [-0.25, -0.2) is 0 Å². The largest absolute Gasteiger partial charge is 0.477 e. The number of nitrogens with one attached hydrogen (secondary N) is 1. The molecule has 1 radical (unpaired) electrons. The van der Waals surface area contributed by atoms with Crippen molar-refractivity contribution in [3.05, 3.63) is 6.61 Å². The number of hydrogen-bond acceptors (Lipinski definition) is 2. The molecule has 2 heteroatoms. The molecular weight excluding hydrogens is 78.1 g/mol. The zero-order valence-corrected chi connectivity index (χ0v) is 3.77. The second-order valence-electron chi connectivity index (χ2n) is 0.829. The van der Waals surface area contributed by atoms with E-state index in [-0.39, 0.29) is 0 Å². The van der Waals surface area contributed by atoms with Gasteiger partial charge in [0.2, 0.25) is 0 Å². The van der Waals surface area contributed by atoms with Crippen molar-refractivity contribution in [2.24, 2.45) is 0 Å². The molecule has 0 unspecified atom stereocenters. The summed E-state index contributed by atoms with van der Waals surface area (Å²) in [6.45, 7) is 3.51. The second-order valence-corrected chi connectivity index (χ2v) is 0.829. The molecule has 0 bridgehead atoms. The predicted octanol–water partition coefficient (Wildman–Crippen LogP) is 1.18. The molecule has 0 aromatic heterocycles. The van der Waals surface area contributed by atoms with Crippen LogP contribution in [0.15, 0.2) is 0 Å². The third-order valence-electron chi connectivity index (χ3n) is 0.331. The van der Waals surface area contributed by atoms with E-state index in [2.05, 4.69) is 4.74 Å². The van der Waals surface area contributed by atoms with Crippen LogP contribution in [0.5, 0.6) is 0 Å². The summed E-state index contributed by atoms with van der Waals surface area (Å²) in [6, 6.07) is 0. The van der Waals surface area contributed by atoms with E-state index in [0.29, 0.717) is 0 Å². The summed E-state index contributed by atoms with van der Waals surface area (Å²) in [5, 5.41) is 6.33. The fraction of sp³-hybridized carbons (Fsp3) is 0.500. The lowest BCUT2D eigenvalue weighted by Crippen LogP contribution is -1.77. The van der Waals surface area contributed by atoms with Crippen LogP contribution < -0.4 is 0 Å². The average molecular weight is 86.1 g/mol. The molecule has 0 atom stereocenters. The molecule has 0 aliphatic heterocycles. The molecule has 0 saturated heterocycles. The van der Waals surface area contributed by atoms with E-state index in [1.165, 1.54) is 0 Å². The van der Waals surface area contributed by atoms with Crippen LogP contribution in [0.4, 0.5) is 0 Å². The quantitative estimate of drug-likeness (QED) is 0.312. The number of ether oxygens (including phenoxy) is 1. The molecular formula is C4H8NO. The first-order valence-corrected chi connectivity index (χ1v) is 1.88. The Morgan fingerprint density at radius 1 is 1.83 bits per heavy atom. The molecule has 0 spiro atoms. The van der Waals surface area contributed by atoms with Crippen molar-refractivity contribution in [2.45, 2.75) is 13.3 Å². The SMILES string of the molecule is CC[CH]OC=N. The van der Waals surface area contributed by atoms with Crippen molar-refractivity contribution < 1.29 is 4.74 Å². The van der Waals surface area contributed by atoms with Gasteiger partial charge >= 0.3 is 0 Å². The van der Waals surface area contributed by atoms with Crippen molar-refractivity contribution in [2.75, 3.05) is 0 Å². The molecule has 0 saturated carbocycles. The molecule has 1 N–H and O–H groups in total. The Morgan fingerprint density at radius 3 is 2.67 bits per heavy atom. The lowest BCUT2D eigenvalue weighted by Gasteiger charge is -1.87. The van der Waals surface area contributed by atoms with Crippen molar-refractivity contribution in [1.82, 2.24) is 0 Å². The van der Waals surface area contributed by atoms with Crippen LogP contribution in [0.25, 0.3) is 0 Å². The monoisotopic (exact) mass is 86.1 g/mol. The maximum absolute atomic E-state index is 6.33. The van der Waals surface area contributed by atoms with E-state index in [1.54, 1.807) is 6.61 Å². The number of hydrogen-bond donors (Lipinski definition) is 1. The Bertz CT molecular complexity index is 36.5. The Kier molecular flexibility index (Phi) is 4.08. The van der Waals surface area contributed by atoms with Crippen LogP contribution in [-0.2, 0) is 4.74 Å². The fourth-order valence-corrected chi connectivity index (χ4v) is 0.144. The molecule has 0 aliphatic rings. The minimum atomic E-state index is 0.857. The van der Waals surface area contributed by atoms with Gasteiger partial charge in [0.25, 0.3) is 0 Å². The van der Waals surface area contributed by atoms with E-state index in [1.807, 2.05) is 6.92 Å². The van der Waals surface area contributed by atoms with Crippen molar-refractivity contribution in [3.63, 3.8) is 0 Å². The molecule has 35 valence electrons. The fourth-order valence-electron chi connectivity index (χ4n) is 0.144. The Balaban J connectivity index is 2.49. The van der Waals surface area contributed by atoms with Gasteiger partial charge in [-0.2, -0.15) is 0 Å². The average Bonchev–Trinajstić information content (AvgIpc) is 1.61. The Labute approximate surface area is 37.6 Å². The maximum Gasteiger partial charge on any atom is 0.167 e. The first-order chi connectivity index (χ1) is 2.91. The molecule has 0 aromatic rings. The predicted molar refractivity (Wildman–Crippen MR) is 24.5 cm³/mol. The molecule has 0 amide bonds. The molecule has 6 heavy (non-hydrogen) atoms. The number of rotatable bonds is 3. The zero-order chi connectivity index (χ0) is 4.83. The normalized spacial score (nSPS) is 7.50. The second kappa shape index (κ2) is 4.47. The Morgan fingerprint density at radius 2 is 2.50 bits per heavy atom. The molecule has 0 heterocycles. The van der Waals surface area contributed by atoms with E-state index >= 15 is 0 Å². The van der Waals surface area contributed by atoms with E-state index in [4.69, 9.17) is 5.41 Å². The van der Waals surface area contributed by atoms with Crippen LogP contribution in [0.2, 0.25) is 0 Å². The minimum absolute atomic E-state index is 0.857. The molecule has 2 nitrogen and oxygen atoms in total. The highest BCUT2D eigenvalue weighted by Gasteiger charge is 1.71. The highest BCUT2D eigenvalue weighted by atomic mass is 16.5. The van der Waals surface area contributed by atoms with Gasteiger partial charge in [0.15, 0.2) is 6.40 Å². The van der Waals surface area contributed by atoms with Crippen molar-refractivity contribution in [1.29, 1.82) is 5.41 Å². The van der Waals surface area contributed by atoms with E-state index in [9.17, 15) is 0 Å². The summed E-state index contributed by atoms with van der Waals surface area (Å²) < 4.78 is 4.40.